The zero-order valence-electron chi connectivity index (χ0n) is 22.4. The van der Waals surface area contributed by atoms with Crippen LogP contribution in [0.4, 0.5) is 5.82 Å². The molecule has 0 unspecified atom stereocenters. The Balaban J connectivity index is 1.36. The topological polar surface area (TPSA) is 102 Å². The number of imidazole rings is 1. The van der Waals surface area contributed by atoms with Gasteiger partial charge in [0, 0.05) is 48.4 Å². The summed E-state index contributed by atoms with van der Waals surface area (Å²) in [7, 11) is 0. The van der Waals surface area contributed by atoms with Crippen molar-refractivity contribution in [3.63, 3.8) is 0 Å². The highest BCUT2D eigenvalue weighted by atomic mass is 16.2. The number of nitrogen functional groups attached to an aromatic ring is 1. The predicted molar refractivity (Wildman–Crippen MR) is 154 cm³/mol. The van der Waals surface area contributed by atoms with Crippen LogP contribution in [-0.4, -0.2) is 48.2 Å². The Kier molecular flexibility index (Phi) is 6.69. The average molecular weight is 520 g/mol. The van der Waals surface area contributed by atoms with Crippen molar-refractivity contribution in [1.82, 2.24) is 29.2 Å². The minimum absolute atomic E-state index is 0.0939. The third-order valence-corrected chi connectivity index (χ3v) is 8.01. The molecule has 0 atom stereocenters. The van der Waals surface area contributed by atoms with Gasteiger partial charge in [0.15, 0.2) is 0 Å². The van der Waals surface area contributed by atoms with Crippen molar-refractivity contribution >= 4 is 28.3 Å². The highest BCUT2D eigenvalue weighted by Crippen LogP contribution is 2.39. The molecule has 1 aliphatic rings. The Bertz CT molecular complexity index is 1630. The third kappa shape index (κ3) is 4.60. The van der Waals surface area contributed by atoms with Crippen LogP contribution in [0.1, 0.15) is 51.3 Å². The van der Waals surface area contributed by atoms with Crippen LogP contribution < -0.4 is 5.73 Å². The molecule has 39 heavy (non-hydrogen) atoms. The van der Waals surface area contributed by atoms with E-state index in [-0.39, 0.29) is 17.7 Å². The lowest BCUT2D eigenvalue weighted by Gasteiger charge is -2.30. The Morgan fingerprint density at radius 2 is 1.72 bits per heavy atom. The van der Waals surface area contributed by atoms with Gasteiger partial charge in [-0.1, -0.05) is 36.4 Å². The summed E-state index contributed by atoms with van der Waals surface area (Å²) < 4.78 is 2.09. The van der Waals surface area contributed by atoms with Gasteiger partial charge in [0.05, 0.1) is 22.9 Å². The first-order valence-electron chi connectivity index (χ1n) is 13.8. The van der Waals surface area contributed by atoms with Gasteiger partial charge in [-0.15, -0.1) is 0 Å². The van der Waals surface area contributed by atoms with Crippen LogP contribution >= 0.6 is 0 Å². The summed E-state index contributed by atoms with van der Waals surface area (Å²) in [5.41, 5.74) is 12.4. The molecular weight excluding hydrogens is 486 g/mol. The van der Waals surface area contributed by atoms with Gasteiger partial charge in [0.25, 0.3) is 0 Å². The second-order valence-corrected chi connectivity index (χ2v) is 10.2. The maximum Gasteiger partial charge on any atom is 0.225 e. The molecule has 2 N–H and O–H groups in total. The smallest absolute Gasteiger partial charge is 0.225 e. The van der Waals surface area contributed by atoms with E-state index in [1.807, 2.05) is 79.7 Å². The molecule has 2 aromatic carbocycles. The normalized spacial score (nSPS) is 17.5. The minimum Gasteiger partial charge on any atom is -0.382 e. The fourth-order valence-electron chi connectivity index (χ4n) is 5.88. The van der Waals surface area contributed by atoms with Gasteiger partial charge < -0.3 is 10.6 Å². The van der Waals surface area contributed by atoms with Crippen LogP contribution in [0.2, 0.25) is 0 Å². The second-order valence-electron chi connectivity index (χ2n) is 10.2. The molecule has 8 nitrogen and oxygen atoms in total. The number of rotatable bonds is 6. The first-order chi connectivity index (χ1) is 19.1. The lowest BCUT2D eigenvalue weighted by atomic mass is 9.81. The predicted octanol–water partition coefficient (Wildman–Crippen LogP) is 5.73. The number of carbonyl (C=O) groups excluding carboxylic acids is 1. The largest absolute Gasteiger partial charge is 0.382 e. The summed E-state index contributed by atoms with van der Waals surface area (Å²) in [5.74, 6) is 2.05. The van der Waals surface area contributed by atoms with Gasteiger partial charge >= 0.3 is 0 Å². The summed E-state index contributed by atoms with van der Waals surface area (Å²) in [6, 6.07) is 16.1. The molecule has 3 heterocycles. The Labute approximate surface area is 227 Å². The van der Waals surface area contributed by atoms with E-state index in [4.69, 9.17) is 15.7 Å². The molecule has 0 spiro atoms. The van der Waals surface area contributed by atoms with Crippen LogP contribution in [0.15, 0.2) is 67.1 Å². The van der Waals surface area contributed by atoms with Crippen molar-refractivity contribution in [2.75, 3.05) is 18.8 Å². The van der Waals surface area contributed by atoms with Gasteiger partial charge in [-0.3, -0.25) is 14.2 Å². The van der Waals surface area contributed by atoms with Crippen molar-refractivity contribution < 1.29 is 4.79 Å². The first kappa shape index (κ1) is 25.0. The molecule has 6 rings (SSSR count). The number of benzene rings is 2. The zero-order valence-corrected chi connectivity index (χ0v) is 22.4. The summed E-state index contributed by atoms with van der Waals surface area (Å²) >= 11 is 0. The van der Waals surface area contributed by atoms with Gasteiger partial charge in [-0.05, 0) is 51.7 Å². The van der Waals surface area contributed by atoms with Crippen LogP contribution in [0, 0.1) is 5.92 Å². The highest BCUT2D eigenvalue weighted by Gasteiger charge is 2.32. The number of nitrogens with zero attached hydrogens (tertiary/aromatic N) is 6. The number of hydrogen-bond acceptors (Lipinski definition) is 6. The third-order valence-electron chi connectivity index (χ3n) is 8.01. The van der Waals surface area contributed by atoms with Crippen molar-refractivity contribution in [2.24, 2.45) is 5.92 Å². The SMILES string of the molecule is CCN(CC)C(=O)C1CCC(c2nc(-c3ccc4ncc(-c5ccccc5)nc4c3)c3c(N)nccn23)CC1. The molecule has 198 valence electrons. The average Bonchev–Trinajstić information content (AvgIpc) is 3.39. The first-order valence-corrected chi connectivity index (χ1v) is 13.8. The Morgan fingerprint density at radius 1 is 0.949 bits per heavy atom. The van der Waals surface area contributed by atoms with Crippen molar-refractivity contribution in [2.45, 2.75) is 45.4 Å². The lowest BCUT2D eigenvalue weighted by Crippen LogP contribution is -2.37. The number of amides is 1. The molecule has 1 fully saturated rings. The van der Waals surface area contributed by atoms with Crippen molar-refractivity contribution in [1.29, 1.82) is 0 Å². The molecule has 1 amide bonds. The number of anilines is 1. The van der Waals surface area contributed by atoms with E-state index in [0.717, 1.165) is 83.7 Å². The summed E-state index contributed by atoms with van der Waals surface area (Å²) in [4.78, 5) is 34.0. The second kappa shape index (κ2) is 10.4. The highest BCUT2D eigenvalue weighted by molar-refractivity contribution is 5.90. The molecule has 0 aliphatic heterocycles. The van der Waals surface area contributed by atoms with Crippen LogP contribution in [0.3, 0.4) is 0 Å². The molecule has 1 aliphatic carbocycles. The number of aromatic nitrogens is 5. The van der Waals surface area contributed by atoms with Crippen LogP contribution in [0.5, 0.6) is 0 Å². The molecule has 0 saturated heterocycles. The van der Waals surface area contributed by atoms with Gasteiger partial charge in [-0.25, -0.2) is 15.0 Å². The fraction of sp³-hybridized carbons (Fsp3) is 0.323. The maximum absolute atomic E-state index is 12.9. The number of fused-ring (bicyclic) bond motifs is 2. The molecular formula is C31H33N7O. The van der Waals surface area contributed by atoms with Crippen molar-refractivity contribution in [3.8, 4) is 22.5 Å². The molecule has 1 saturated carbocycles. The van der Waals surface area contributed by atoms with E-state index < -0.39 is 0 Å². The fourth-order valence-corrected chi connectivity index (χ4v) is 5.88. The summed E-state index contributed by atoms with van der Waals surface area (Å²) in [6.45, 7) is 5.62. The van der Waals surface area contributed by atoms with E-state index in [1.54, 1.807) is 6.20 Å². The standard InChI is InChI=1S/C31H33N7O/c1-3-37(4-2)31(39)22-12-10-21(11-13-22)30-36-27(28-29(32)33-16-17-38(28)30)23-14-15-24-25(18-23)35-26(19-34-24)20-8-6-5-7-9-20/h5-9,14-19,21-22H,3-4,10-13H2,1-2H3,(H2,32,33). The quantitative estimate of drug-likeness (QED) is 0.307. The van der Waals surface area contributed by atoms with E-state index in [1.165, 1.54) is 0 Å². The minimum atomic E-state index is 0.0939. The van der Waals surface area contributed by atoms with Crippen LogP contribution in [-0.2, 0) is 4.79 Å². The van der Waals surface area contributed by atoms with E-state index in [2.05, 4.69) is 14.4 Å². The number of carbonyl (C=O) groups is 1. The molecule has 3 aromatic heterocycles. The number of nitrogens with two attached hydrogens (primary N) is 1. The van der Waals surface area contributed by atoms with E-state index in [9.17, 15) is 4.79 Å². The van der Waals surface area contributed by atoms with Crippen molar-refractivity contribution in [3.05, 3.63) is 72.9 Å². The zero-order chi connectivity index (χ0) is 26.9. The van der Waals surface area contributed by atoms with Crippen LogP contribution in [0.25, 0.3) is 39.1 Å². The van der Waals surface area contributed by atoms with E-state index >= 15 is 0 Å². The lowest BCUT2D eigenvalue weighted by molar-refractivity contribution is -0.136. The molecule has 0 radical (unpaired) electrons. The molecule has 0 bridgehead atoms. The Hall–Kier alpha value is -4.33. The summed E-state index contributed by atoms with van der Waals surface area (Å²) in [6.07, 6.45) is 9.07. The Morgan fingerprint density at radius 3 is 2.46 bits per heavy atom. The molecule has 8 heteroatoms. The van der Waals surface area contributed by atoms with E-state index in [0.29, 0.717) is 5.82 Å². The molecule has 5 aromatic rings. The number of hydrogen-bond donors (Lipinski definition) is 1. The van der Waals surface area contributed by atoms with Gasteiger partial charge in [0.2, 0.25) is 5.91 Å². The van der Waals surface area contributed by atoms with Gasteiger partial charge in [0.1, 0.15) is 22.9 Å². The van der Waals surface area contributed by atoms with Gasteiger partial charge in [-0.2, -0.15) is 0 Å². The maximum atomic E-state index is 12.9. The summed E-state index contributed by atoms with van der Waals surface area (Å²) in [5, 5.41) is 0. The monoisotopic (exact) mass is 519 g/mol.